The highest BCUT2D eigenvalue weighted by Crippen LogP contribution is 2.23. The van der Waals surface area contributed by atoms with E-state index >= 15 is 0 Å². The van der Waals surface area contributed by atoms with Gasteiger partial charge in [0, 0.05) is 17.5 Å². The summed E-state index contributed by atoms with van der Waals surface area (Å²) in [6, 6.07) is 11.0. The van der Waals surface area contributed by atoms with Crippen molar-refractivity contribution < 1.29 is 14.3 Å². The number of aromatic nitrogens is 2. The van der Waals surface area contributed by atoms with Crippen LogP contribution in [0.5, 0.6) is 0 Å². The maximum atomic E-state index is 12.5. The average molecular weight is 405 g/mol. The lowest BCUT2D eigenvalue weighted by atomic mass is 10.1. The fourth-order valence-electron chi connectivity index (χ4n) is 2.55. The lowest BCUT2D eigenvalue weighted by Crippen LogP contribution is -2.26. The SMILES string of the molecule is CCn1nc(C(=O)OCC(=O)c2ccc(Cl)c(Cl)c2)c2ccccc2c1=O. The normalized spacial score (nSPS) is 10.8. The number of ether oxygens (including phenoxy) is 1. The number of benzene rings is 2. The van der Waals surface area contributed by atoms with Crippen LogP contribution in [0.25, 0.3) is 10.8 Å². The number of rotatable bonds is 5. The number of nitrogens with zero attached hydrogens (tertiary/aromatic N) is 2. The second-order valence-electron chi connectivity index (χ2n) is 5.64. The van der Waals surface area contributed by atoms with E-state index in [-0.39, 0.29) is 21.8 Å². The van der Waals surface area contributed by atoms with E-state index in [1.807, 2.05) is 0 Å². The van der Waals surface area contributed by atoms with Gasteiger partial charge >= 0.3 is 5.97 Å². The van der Waals surface area contributed by atoms with Gasteiger partial charge in [-0.3, -0.25) is 9.59 Å². The van der Waals surface area contributed by atoms with E-state index in [0.717, 1.165) is 0 Å². The van der Waals surface area contributed by atoms with Gasteiger partial charge in [-0.25, -0.2) is 9.48 Å². The molecule has 8 heteroatoms. The van der Waals surface area contributed by atoms with Crippen LogP contribution in [0.4, 0.5) is 0 Å². The Morgan fingerprint density at radius 1 is 1.07 bits per heavy atom. The van der Waals surface area contributed by atoms with Crippen LogP contribution in [0.15, 0.2) is 47.3 Å². The van der Waals surface area contributed by atoms with Gasteiger partial charge in [0.1, 0.15) is 0 Å². The number of fused-ring (bicyclic) bond motifs is 1. The molecule has 138 valence electrons. The van der Waals surface area contributed by atoms with Crippen LogP contribution >= 0.6 is 23.2 Å². The molecule has 0 aliphatic carbocycles. The number of carbonyl (C=O) groups excluding carboxylic acids is 2. The highest BCUT2D eigenvalue weighted by Gasteiger charge is 2.19. The van der Waals surface area contributed by atoms with Crippen LogP contribution < -0.4 is 5.56 Å². The molecule has 27 heavy (non-hydrogen) atoms. The van der Waals surface area contributed by atoms with Gasteiger partial charge in [0.05, 0.1) is 15.4 Å². The minimum absolute atomic E-state index is 0.0195. The molecule has 2 aromatic carbocycles. The van der Waals surface area contributed by atoms with Gasteiger partial charge in [0.25, 0.3) is 5.56 Å². The number of carbonyl (C=O) groups is 2. The maximum Gasteiger partial charge on any atom is 0.359 e. The Kier molecular flexibility index (Phi) is 5.58. The molecule has 0 radical (unpaired) electrons. The monoisotopic (exact) mass is 404 g/mol. The van der Waals surface area contributed by atoms with Crippen molar-refractivity contribution in [2.45, 2.75) is 13.5 Å². The summed E-state index contributed by atoms with van der Waals surface area (Å²) in [4.78, 5) is 37.0. The van der Waals surface area contributed by atoms with Crippen molar-refractivity contribution >= 4 is 45.7 Å². The number of hydrogen-bond acceptors (Lipinski definition) is 5. The molecule has 0 amide bonds. The quantitative estimate of drug-likeness (QED) is 0.477. The van der Waals surface area contributed by atoms with Crippen LogP contribution in [-0.4, -0.2) is 28.1 Å². The number of Topliss-reactive ketones (excluding diaryl/α,β-unsaturated/α-hetero) is 1. The van der Waals surface area contributed by atoms with Gasteiger partial charge in [0.15, 0.2) is 18.1 Å². The number of esters is 1. The summed E-state index contributed by atoms with van der Waals surface area (Å²) in [7, 11) is 0. The number of hydrogen-bond donors (Lipinski definition) is 0. The molecule has 0 atom stereocenters. The molecule has 0 bridgehead atoms. The molecule has 0 aliphatic heterocycles. The molecule has 1 aromatic heterocycles. The summed E-state index contributed by atoms with van der Waals surface area (Å²) in [6.07, 6.45) is 0. The molecule has 6 nitrogen and oxygen atoms in total. The van der Waals surface area contributed by atoms with Gasteiger partial charge in [0.2, 0.25) is 0 Å². The minimum Gasteiger partial charge on any atom is -0.452 e. The first-order valence-corrected chi connectivity index (χ1v) is 8.83. The maximum absolute atomic E-state index is 12.5. The Hall–Kier alpha value is -2.70. The van der Waals surface area contributed by atoms with Gasteiger partial charge in [-0.2, -0.15) is 5.10 Å². The van der Waals surface area contributed by atoms with Crippen LogP contribution in [0.3, 0.4) is 0 Å². The third kappa shape index (κ3) is 3.86. The predicted molar refractivity (Wildman–Crippen MR) is 103 cm³/mol. The Morgan fingerprint density at radius 2 is 1.78 bits per heavy atom. The number of halogens is 2. The lowest BCUT2D eigenvalue weighted by molar-refractivity contribution is 0.0468. The van der Waals surface area contributed by atoms with Crippen LogP contribution in [-0.2, 0) is 11.3 Å². The predicted octanol–water partition coefficient (Wildman–Crippen LogP) is 3.76. The van der Waals surface area contributed by atoms with Gasteiger partial charge in [-0.1, -0.05) is 41.4 Å². The first kappa shape index (κ1) is 19.1. The lowest BCUT2D eigenvalue weighted by Gasteiger charge is -2.09. The fourth-order valence-corrected chi connectivity index (χ4v) is 2.85. The first-order valence-electron chi connectivity index (χ1n) is 8.07. The van der Waals surface area contributed by atoms with Crippen molar-refractivity contribution in [3.05, 3.63) is 74.1 Å². The highest BCUT2D eigenvalue weighted by molar-refractivity contribution is 6.42. The minimum atomic E-state index is -0.790. The van der Waals surface area contributed by atoms with E-state index in [0.29, 0.717) is 22.3 Å². The molecule has 0 spiro atoms. The molecule has 0 saturated carbocycles. The molecule has 1 heterocycles. The van der Waals surface area contributed by atoms with Crippen LogP contribution in [0.2, 0.25) is 10.0 Å². The van der Waals surface area contributed by atoms with E-state index in [1.165, 1.54) is 22.9 Å². The van der Waals surface area contributed by atoms with Crippen molar-refractivity contribution in [2.24, 2.45) is 0 Å². The Labute approximate surface area is 164 Å². The second-order valence-corrected chi connectivity index (χ2v) is 6.46. The molecule has 3 rings (SSSR count). The number of ketones is 1. The summed E-state index contributed by atoms with van der Waals surface area (Å²) >= 11 is 11.7. The summed E-state index contributed by atoms with van der Waals surface area (Å²) < 4.78 is 6.30. The van der Waals surface area contributed by atoms with Crippen molar-refractivity contribution in [2.75, 3.05) is 6.61 Å². The van der Waals surface area contributed by atoms with E-state index in [1.54, 1.807) is 31.2 Å². The van der Waals surface area contributed by atoms with Gasteiger partial charge in [-0.05, 0) is 31.2 Å². The second kappa shape index (κ2) is 7.90. The van der Waals surface area contributed by atoms with Crippen molar-refractivity contribution in [1.82, 2.24) is 9.78 Å². The third-order valence-electron chi connectivity index (χ3n) is 3.94. The molecule has 0 saturated heterocycles. The van der Waals surface area contributed by atoms with E-state index in [4.69, 9.17) is 27.9 Å². The van der Waals surface area contributed by atoms with Crippen molar-refractivity contribution in [3.8, 4) is 0 Å². The topological polar surface area (TPSA) is 78.3 Å². The summed E-state index contributed by atoms with van der Waals surface area (Å²) in [5, 5.41) is 5.36. The van der Waals surface area contributed by atoms with Gasteiger partial charge in [-0.15, -0.1) is 0 Å². The molecule has 0 fully saturated rings. The summed E-state index contributed by atoms with van der Waals surface area (Å²) in [6.45, 7) is 1.55. The molecule has 0 unspecified atom stereocenters. The highest BCUT2D eigenvalue weighted by atomic mass is 35.5. The molecular weight excluding hydrogens is 391 g/mol. The Balaban J connectivity index is 1.86. The molecule has 0 aliphatic rings. The Morgan fingerprint density at radius 3 is 2.44 bits per heavy atom. The number of aryl methyl sites for hydroxylation is 1. The zero-order chi connectivity index (χ0) is 19.6. The van der Waals surface area contributed by atoms with Crippen molar-refractivity contribution in [1.29, 1.82) is 0 Å². The third-order valence-corrected chi connectivity index (χ3v) is 4.68. The van der Waals surface area contributed by atoms with E-state index in [2.05, 4.69) is 5.10 Å². The zero-order valence-corrected chi connectivity index (χ0v) is 15.8. The summed E-state index contributed by atoms with van der Waals surface area (Å²) in [5.74, 6) is -1.23. The molecular formula is C19H14Cl2N2O4. The van der Waals surface area contributed by atoms with Crippen molar-refractivity contribution in [3.63, 3.8) is 0 Å². The smallest absolute Gasteiger partial charge is 0.359 e. The van der Waals surface area contributed by atoms with Gasteiger partial charge < -0.3 is 4.74 Å². The molecule has 0 N–H and O–H groups in total. The van der Waals surface area contributed by atoms with Crippen LogP contribution in [0.1, 0.15) is 27.8 Å². The van der Waals surface area contributed by atoms with Crippen LogP contribution in [0, 0.1) is 0 Å². The Bertz CT molecular complexity index is 1110. The first-order chi connectivity index (χ1) is 12.9. The fraction of sp³-hybridized carbons (Fsp3) is 0.158. The standard InChI is InChI=1S/C19H14Cl2N2O4/c1-2-23-18(25)13-6-4-3-5-12(13)17(22-23)19(26)27-10-16(24)11-7-8-14(20)15(21)9-11/h3-9H,2,10H2,1H3. The van der Waals surface area contributed by atoms with E-state index in [9.17, 15) is 14.4 Å². The average Bonchev–Trinajstić information content (AvgIpc) is 2.68. The largest absolute Gasteiger partial charge is 0.452 e. The van der Waals surface area contributed by atoms with E-state index < -0.39 is 18.4 Å². The molecule has 3 aromatic rings. The zero-order valence-electron chi connectivity index (χ0n) is 14.2. The summed E-state index contributed by atoms with van der Waals surface area (Å²) in [5.41, 5.74) is -0.0425.